The molecule has 1 aliphatic heterocycles. The summed E-state index contributed by atoms with van der Waals surface area (Å²) in [5.41, 5.74) is 1.83. The normalized spacial score (nSPS) is 19.6. The van der Waals surface area contributed by atoms with Gasteiger partial charge in [-0.2, -0.15) is 0 Å². The van der Waals surface area contributed by atoms with Crippen LogP contribution in [0.4, 0.5) is 9.59 Å². The lowest BCUT2D eigenvalue weighted by Crippen LogP contribution is -2.43. The van der Waals surface area contributed by atoms with Crippen LogP contribution in [0.5, 0.6) is 0 Å². The van der Waals surface area contributed by atoms with Gasteiger partial charge >= 0.3 is 12.2 Å². The molecule has 0 radical (unpaired) electrons. The molecule has 5 nitrogen and oxygen atoms in total. The maximum absolute atomic E-state index is 12.5. The highest BCUT2D eigenvalue weighted by Crippen LogP contribution is 2.25. The van der Waals surface area contributed by atoms with Gasteiger partial charge in [-0.25, -0.2) is 14.5 Å². The molecule has 0 spiro atoms. The minimum absolute atomic E-state index is 0.0903. The average Bonchev–Trinajstić information content (AvgIpc) is 2.97. The fourth-order valence-electron chi connectivity index (χ4n) is 2.78. The van der Waals surface area contributed by atoms with E-state index in [0.29, 0.717) is 6.42 Å². The molecular formula is C19H18ClNO4. The van der Waals surface area contributed by atoms with Crippen LogP contribution in [0.1, 0.15) is 11.1 Å². The molecule has 0 aliphatic carbocycles. The number of alkyl halides is 1. The number of ether oxygens (including phenoxy) is 2. The number of rotatable bonds is 5. The molecule has 0 saturated carbocycles. The number of carbonyl (C=O) groups excluding carboxylic acids is 2. The van der Waals surface area contributed by atoms with Crippen LogP contribution in [0, 0.1) is 0 Å². The molecule has 25 heavy (non-hydrogen) atoms. The molecule has 2 atom stereocenters. The summed E-state index contributed by atoms with van der Waals surface area (Å²) in [7, 11) is 0. The Hall–Kier alpha value is -2.53. The Balaban J connectivity index is 1.71. The van der Waals surface area contributed by atoms with Crippen molar-refractivity contribution < 1.29 is 19.1 Å². The molecule has 2 amide bonds. The van der Waals surface area contributed by atoms with E-state index in [9.17, 15) is 9.59 Å². The van der Waals surface area contributed by atoms with Crippen LogP contribution in [0.15, 0.2) is 60.7 Å². The zero-order valence-corrected chi connectivity index (χ0v) is 14.3. The van der Waals surface area contributed by atoms with Crippen LogP contribution in [0.25, 0.3) is 0 Å². The van der Waals surface area contributed by atoms with Crippen LogP contribution in [0.3, 0.4) is 0 Å². The van der Waals surface area contributed by atoms with Crippen molar-refractivity contribution >= 4 is 23.8 Å². The van der Waals surface area contributed by atoms with E-state index in [4.69, 9.17) is 21.1 Å². The van der Waals surface area contributed by atoms with Gasteiger partial charge in [-0.1, -0.05) is 60.7 Å². The van der Waals surface area contributed by atoms with E-state index in [0.717, 1.165) is 16.0 Å². The van der Waals surface area contributed by atoms with Gasteiger partial charge in [0.1, 0.15) is 12.7 Å². The Labute approximate surface area is 151 Å². The maximum Gasteiger partial charge on any atom is 0.420 e. The Morgan fingerprint density at radius 1 is 1.04 bits per heavy atom. The Morgan fingerprint density at radius 2 is 1.64 bits per heavy atom. The fraction of sp³-hybridized carbons (Fsp3) is 0.263. The summed E-state index contributed by atoms with van der Waals surface area (Å²) in [6, 6.07) is 18.4. The third-order valence-corrected chi connectivity index (χ3v) is 4.36. The van der Waals surface area contributed by atoms with Gasteiger partial charge in [0.05, 0.1) is 11.9 Å². The van der Waals surface area contributed by atoms with Crippen molar-refractivity contribution in [3.05, 3.63) is 71.8 Å². The van der Waals surface area contributed by atoms with E-state index < -0.39 is 24.3 Å². The molecule has 6 heteroatoms. The largest absolute Gasteiger partial charge is 0.444 e. The summed E-state index contributed by atoms with van der Waals surface area (Å²) in [6.45, 7) is 0.0903. The summed E-state index contributed by atoms with van der Waals surface area (Å²) in [5, 5.41) is 0. The highest BCUT2D eigenvalue weighted by molar-refractivity contribution is 6.18. The number of amides is 2. The first-order valence-corrected chi connectivity index (χ1v) is 8.53. The van der Waals surface area contributed by atoms with Crippen LogP contribution in [0.2, 0.25) is 0 Å². The molecule has 0 aromatic heterocycles. The van der Waals surface area contributed by atoms with E-state index in [1.807, 2.05) is 60.7 Å². The second kappa shape index (κ2) is 8.03. The summed E-state index contributed by atoms with van der Waals surface area (Å²) >= 11 is 5.92. The third-order valence-electron chi connectivity index (χ3n) is 4.05. The van der Waals surface area contributed by atoms with Gasteiger partial charge in [0.25, 0.3) is 0 Å². The first kappa shape index (κ1) is 17.3. The van der Waals surface area contributed by atoms with Gasteiger partial charge in [0.15, 0.2) is 0 Å². The minimum atomic E-state index is -0.720. The quantitative estimate of drug-likeness (QED) is 0.757. The molecule has 1 heterocycles. The van der Waals surface area contributed by atoms with Crippen LogP contribution >= 0.6 is 11.6 Å². The van der Waals surface area contributed by atoms with Gasteiger partial charge in [-0.05, 0) is 17.5 Å². The number of hydrogen-bond donors (Lipinski definition) is 0. The predicted octanol–water partition coefficient (Wildman–Crippen LogP) is 3.99. The molecule has 0 bridgehead atoms. The highest BCUT2D eigenvalue weighted by Gasteiger charge is 2.45. The second-order valence-electron chi connectivity index (χ2n) is 5.74. The summed E-state index contributed by atoms with van der Waals surface area (Å²) < 4.78 is 10.5. The maximum atomic E-state index is 12.5. The smallest absolute Gasteiger partial charge is 0.420 e. The van der Waals surface area contributed by atoms with E-state index >= 15 is 0 Å². The SMILES string of the molecule is O=C(OCc1ccccc1)N1C(=O)O[C@@H](CCl)[C@@H]1Cc1ccccc1. The lowest BCUT2D eigenvalue weighted by molar-refractivity contribution is 0.0976. The van der Waals surface area contributed by atoms with Crippen molar-refractivity contribution in [3.8, 4) is 0 Å². The molecule has 1 aliphatic rings. The van der Waals surface area contributed by atoms with Crippen molar-refractivity contribution in [2.45, 2.75) is 25.2 Å². The topological polar surface area (TPSA) is 55.8 Å². The van der Waals surface area contributed by atoms with Crippen molar-refractivity contribution in [2.75, 3.05) is 5.88 Å². The third kappa shape index (κ3) is 4.12. The van der Waals surface area contributed by atoms with Crippen LogP contribution < -0.4 is 0 Å². The minimum Gasteiger partial charge on any atom is -0.444 e. The zero-order valence-electron chi connectivity index (χ0n) is 13.5. The van der Waals surface area contributed by atoms with E-state index in [1.165, 1.54) is 0 Å². The van der Waals surface area contributed by atoms with Gasteiger partial charge < -0.3 is 9.47 Å². The van der Waals surface area contributed by atoms with Crippen LogP contribution in [-0.2, 0) is 22.5 Å². The highest BCUT2D eigenvalue weighted by atomic mass is 35.5. The van der Waals surface area contributed by atoms with Gasteiger partial charge in [-0.15, -0.1) is 11.6 Å². The van der Waals surface area contributed by atoms with Crippen molar-refractivity contribution in [1.29, 1.82) is 0 Å². The molecule has 0 unspecified atom stereocenters. The van der Waals surface area contributed by atoms with Crippen molar-refractivity contribution in [1.82, 2.24) is 4.90 Å². The molecule has 0 N–H and O–H groups in total. The number of imide groups is 1. The fourth-order valence-corrected chi connectivity index (χ4v) is 3.05. The Kier molecular flexibility index (Phi) is 5.56. The monoisotopic (exact) mass is 359 g/mol. The Bertz CT molecular complexity index is 723. The number of carbonyl (C=O) groups is 2. The zero-order chi connectivity index (χ0) is 17.6. The second-order valence-corrected chi connectivity index (χ2v) is 6.05. The lowest BCUT2D eigenvalue weighted by Gasteiger charge is -2.22. The van der Waals surface area contributed by atoms with Gasteiger partial charge in [0.2, 0.25) is 0 Å². The average molecular weight is 360 g/mol. The van der Waals surface area contributed by atoms with E-state index in [1.54, 1.807) is 0 Å². The summed E-state index contributed by atoms with van der Waals surface area (Å²) in [6.07, 6.45) is -1.53. The number of benzene rings is 2. The van der Waals surface area contributed by atoms with E-state index in [2.05, 4.69) is 0 Å². The Morgan fingerprint density at radius 3 is 2.24 bits per heavy atom. The molecule has 1 fully saturated rings. The molecule has 3 rings (SSSR count). The number of hydrogen-bond acceptors (Lipinski definition) is 4. The standard InChI is InChI=1S/C19H18ClNO4/c20-12-17-16(11-14-7-3-1-4-8-14)21(19(23)25-17)18(22)24-13-15-9-5-2-6-10-15/h1-10,16-17H,11-13H2/t16-,17-/m0/s1. The molecule has 130 valence electrons. The van der Waals surface area contributed by atoms with E-state index in [-0.39, 0.29) is 12.5 Å². The van der Waals surface area contributed by atoms with Gasteiger partial charge in [0, 0.05) is 0 Å². The first-order valence-electron chi connectivity index (χ1n) is 7.99. The number of halogens is 1. The summed E-state index contributed by atoms with van der Waals surface area (Å²) in [4.78, 5) is 25.6. The number of nitrogens with zero attached hydrogens (tertiary/aromatic N) is 1. The lowest BCUT2D eigenvalue weighted by atomic mass is 10.0. The van der Waals surface area contributed by atoms with Crippen LogP contribution in [-0.4, -0.2) is 35.1 Å². The molecular weight excluding hydrogens is 342 g/mol. The van der Waals surface area contributed by atoms with Crippen molar-refractivity contribution in [3.63, 3.8) is 0 Å². The number of cyclic esters (lactones) is 1. The summed E-state index contributed by atoms with van der Waals surface area (Å²) in [5.74, 6) is 0.117. The first-order chi connectivity index (χ1) is 12.2. The van der Waals surface area contributed by atoms with Crippen molar-refractivity contribution in [2.24, 2.45) is 0 Å². The molecule has 2 aromatic carbocycles. The molecule has 2 aromatic rings. The molecule has 1 saturated heterocycles. The predicted molar refractivity (Wildman–Crippen MR) is 93.4 cm³/mol. The van der Waals surface area contributed by atoms with Gasteiger partial charge in [-0.3, -0.25) is 0 Å².